The standard InChI is InChI=1S/C23H26FN5O/c1-28(15-17-8-4-2-5-9-17)16-22(30)25-20-14-18(11-12-19(20)24)23-27-26-21-10-6-3-7-13-29(21)23/h2,4-5,8-9,11-12,14H,3,6-7,10,13,15-16H2,1H3,(H,25,30). The summed E-state index contributed by atoms with van der Waals surface area (Å²) >= 11 is 0. The van der Waals surface area contributed by atoms with Gasteiger partial charge in [0.2, 0.25) is 5.91 Å². The third kappa shape index (κ3) is 4.74. The van der Waals surface area contributed by atoms with Crippen LogP contribution in [0.25, 0.3) is 11.4 Å². The zero-order valence-electron chi connectivity index (χ0n) is 17.1. The van der Waals surface area contributed by atoms with Crippen LogP contribution in [-0.2, 0) is 24.3 Å². The van der Waals surface area contributed by atoms with Crippen LogP contribution >= 0.6 is 0 Å². The molecule has 7 heteroatoms. The molecule has 0 unspecified atom stereocenters. The Hall–Kier alpha value is -3.06. The van der Waals surface area contributed by atoms with Gasteiger partial charge in [-0.1, -0.05) is 36.8 Å². The van der Waals surface area contributed by atoms with E-state index in [1.54, 1.807) is 12.1 Å². The second-order valence-corrected chi connectivity index (χ2v) is 7.80. The van der Waals surface area contributed by atoms with Crippen LogP contribution in [0.1, 0.15) is 30.7 Å². The van der Waals surface area contributed by atoms with Crippen molar-refractivity contribution in [3.05, 3.63) is 65.7 Å². The summed E-state index contributed by atoms with van der Waals surface area (Å²) in [5.74, 6) is 0.974. The minimum Gasteiger partial charge on any atom is -0.322 e. The van der Waals surface area contributed by atoms with Gasteiger partial charge in [-0.2, -0.15) is 0 Å². The number of fused-ring (bicyclic) bond motifs is 1. The summed E-state index contributed by atoms with van der Waals surface area (Å²) in [5.41, 5.74) is 2.04. The van der Waals surface area contributed by atoms with Gasteiger partial charge in [0.1, 0.15) is 11.6 Å². The maximum Gasteiger partial charge on any atom is 0.238 e. The largest absolute Gasteiger partial charge is 0.322 e. The summed E-state index contributed by atoms with van der Waals surface area (Å²) in [5, 5.41) is 11.3. The molecule has 1 amide bonds. The third-order valence-electron chi connectivity index (χ3n) is 5.32. The van der Waals surface area contributed by atoms with E-state index in [1.807, 2.05) is 42.3 Å². The number of hydrogen-bond acceptors (Lipinski definition) is 4. The van der Waals surface area contributed by atoms with E-state index in [2.05, 4.69) is 20.1 Å². The van der Waals surface area contributed by atoms with E-state index in [4.69, 9.17) is 0 Å². The molecule has 3 aromatic rings. The number of benzene rings is 2. The monoisotopic (exact) mass is 407 g/mol. The fourth-order valence-electron chi connectivity index (χ4n) is 3.84. The highest BCUT2D eigenvalue weighted by Crippen LogP contribution is 2.26. The molecule has 0 bridgehead atoms. The minimum absolute atomic E-state index is 0.164. The zero-order valence-corrected chi connectivity index (χ0v) is 17.1. The number of carbonyl (C=O) groups excluding carboxylic acids is 1. The number of amides is 1. The van der Waals surface area contributed by atoms with Gasteiger partial charge in [-0.25, -0.2) is 4.39 Å². The number of carbonyl (C=O) groups is 1. The van der Waals surface area contributed by atoms with E-state index in [0.717, 1.165) is 48.6 Å². The lowest BCUT2D eigenvalue weighted by atomic mass is 10.1. The molecular weight excluding hydrogens is 381 g/mol. The van der Waals surface area contributed by atoms with Crippen LogP contribution in [0.5, 0.6) is 0 Å². The number of aryl methyl sites for hydroxylation is 1. The fraction of sp³-hybridized carbons (Fsp3) is 0.348. The maximum atomic E-state index is 14.4. The quantitative estimate of drug-likeness (QED) is 0.674. The van der Waals surface area contributed by atoms with Crippen molar-refractivity contribution < 1.29 is 9.18 Å². The molecule has 4 rings (SSSR count). The van der Waals surface area contributed by atoms with Gasteiger partial charge in [0.15, 0.2) is 5.82 Å². The van der Waals surface area contributed by atoms with Gasteiger partial charge in [-0.15, -0.1) is 10.2 Å². The van der Waals surface area contributed by atoms with Gasteiger partial charge in [-0.3, -0.25) is 9.69 Å². The molecule has 0 saturated heterocycles. The van der Waals surface area contributed by atoms with E-state index >= 15 is 0 Å². The minimum atomic E-state index is -0.464. The first-order valence-electron chi connectivity index (χ1n) is 10.3. The number of halogens is 1. The lowest BCUT2D eigenvalue weighted by Crippen LogP contribution is -2.30. The van der Waals surface area contributed by atoms with Crippen molar-refractivity contribution >= 4 is 11.6 Å². The number of rotatable bonds is 6. The highest BCUT2D eigenvalue weighted by Gasteiger charge is 2.18. The lowest BCUT2D eigenvalue weighted by molar-refractivity contribution is -0.117. The Bertz CT molecular complexity index is 1020. The molecule has 0 spiro atoms. The number of nitrogens with one attached hydrogen (secondary N) is 1. The van der Waals surface area contributed by atoms with Gasteiger partial charge >= 0.3 is 0 Å². The Morgan fingerprint density at radius 2 is 1.97 bits per heavy atom. The van der Waals surface area contributed by atoms with Crippen molar-refractivity contribution in [1.29, 1.82) is 0 Å². The van der Waals surface area contributed by atoms with Gasteiger partial charge in [0.25, 0.3) is 0 Å². The summed E-state index contributed by atoms with van der Waals surface area (Å²) in [6, 6.07) is 14.6. The molecule has 30 heavy (non-hydrogen) atoms. The molecule has 0 saturated carbocycles. The number of anilines is 1. The zero-order chi connectivity index (χ0) is 20.9. The maximum absolute atomic E-state index is 14.4. The predicted octanol–water partition coefficient (Wildman–Crippen LogP) is 3.88. The summed E-state index contributed by atoms with van der Waals surface area (Å²) in [4.78, 5) is 14.4. The molecule has 1 N–H and O–H groups in total. The average molecular weight is 407 g/mol. The molecule has 0 radical (unpaired) electrons. The predicted molar refractivity (Wildman–Crippen MR) is 114 cm³/mol. The Kier molecular flexibility index (Phi) is 6.18. The van der Waals surface area contributed by atoms with Crippen molar-refractivity contribution in [2.24, 2.45) is 0 Å². The van der Waals surface area contributed by atoms with Crippen LogP contribution in [-0.4, -0.2) is 39.2 Å². The average Bonchev–Trinajstić information content (AvgIpc) is 2.98. The first-order chi connectivity index (χ1) is 14.6. The third-order valence-corrected chi connectivity index (χ3v) is 5.32. The van der Waals surface area contributed by atoms with Gasteiger partial charge < -0.3 is 9.88 Å². The molecule has 1 aliphatic rings. The summed E-state index contributed by atoms with van der Waals surface area (Å²) in [6.45, 7) is 1.67. The van der Waals surface area contributed by atoms with E-state index in [0.29, 0.717) is 6.54 Å². The molecule has 156 valence electrons. The highest BCUT2D eigenvalue weighted by atomic mass is 19.1. The topological polar surface area (TPSA) is 63.1 Å². The van der Waals surface area contributed by atoms with E-state index in [1.165, 1.54) is 12.5 Å². The van der Waals surface area contributed by atoms with Crippen LogP contribution < -0.4 is 5.32 Å². The Labute approximate surface area is 175 Å². The SMILES string of the molecule is CN(CC(=O)Nc1cc(-c2nnc3n2CCCCC3)ccc1F)Cc1ccccc1. The number of likely N-dealkylation sites (N-methyl/N-ethyl adjacent to an activating group) is 1. The number of nitrogens with zero attached hydrogens (tertiary/aromatic N) is 4. The first-order valence-corrected chi connectivity index (χ1v) is 10.3. The van der Waals surface area contributed by atoms with E-state index < -0.39 is 5.82 Å². The summed E-state index contributed by atoms with van der Waals surface area (Å²) in [6.07, 6.45) is 4.27. The first kappa shape index (κ1) is 20.2. The lowest BCUT2D eigenvalue weighted by Gasteiger charge is -2.17. The Balaban J connectivity index is 1.46. The van der Waals surface area contributed by atoms with Gasteiger partial charge in [0.05, 0.1) is 12.2 Å². The molecule has 1 aliphatic heterocycles. The molecule has 2 heterocycles. The van der Waals surface area contributed by atoms with Gasteiger partial charge in [-0.05, 0) is 43.7 Å². The summed E-state index contributed by atoms with van der Waals surface area (Å²) < 4.78 is 16.5. The van der Waals surface area contributed by atoms with Crippen LogP contribution in [0.4, 0.5) is 10.1 Å². The summed E-state index contributed by atoms with van der Waals surface area (Å²) in [7, 11) is 1.87. The molecule has 2 aromatic carbocycles. The molecule has 0 aliphatic carbocycles. The van der Waals surface area contributed by atoms with Crippen molar-refractivity contribution in [3.63, 3.8) is 0 Å². The Morgan fingerprint density at radius 3 is 2.80 bits per heavy atom. The highest BCUT2D eigenvalue weighted by molar-refractivity contribution is 5.93. The van der Waals surface area contributed by atoms with Gasteiger partial charge in [0, 0.05) is 25.1 Å². The smallest absolute Gasteiger partial charge is 0.238 e. The second kappa shape index (κ2) is 9.17. The number of aromatic nitrogens is 3. The molecule has 0 fully saturated rings. The van der Waals surface area contributed by atoms with Crippen LogP contribution in [0, 0.1) is 5.82 Å². The van der Waals surface area contributed by atoms with Crippen LogP contribution in [0.15, 0.2) is 48.5 Å². The molecule has 1 aromatic heterocycles. The Morgan fingerprint density at radius 1 is 1.13 bits per heavy atom. The number of hydrogen-bond donors (Lipinski definition) is 1. The van der Waals surface area contributed by atoms with Crippen LogP contribution in [0.2, 0.25) is 0 Å². The van der Waals surface area contributed by atoms with Crippen molar-refractivity contribution in [3.8, 4) is 11.4 Å². The molecule has 6 nitrogen and oxygen atoms in total. The fourth-order valence-corrected chi connectivity index (χ4v) is 3.84. The van der Waals surface area contributed by atoms with Crippen LogP contribution in [0.3, 0.4) is 0 Å². The molecule has 0 atom stereocenters. The van der Waals surface area contributed by atoms with E-state index in [-0.39, 0.29) is 18.1 Å². The molecular formula is C23H26FN5O. The van der Waals surface area contributed by atoms with E-state index in [9.17, 15) is 9.18 Å². The second-order valence-electron chi connectivity index (χ2n) is 7.80. The van der Waals surface area contributed by atoms with Crippen molar-refractivity contribution in [1.82, 2.24) is 19.7 Å². The van der Waals surface area contributed by atoms with Crippen molar-refractivity contribution in [2.45, 2.75) is 38.8 Å². The van der Waals surface area contributed by atoms with Crippen molar-refractivity contribution in [2.75, 3.05) is 18.9 Å². The normalized spacial score (nSPS) is 13.7.